The smallest absolute Gasteiger partial charge is 0.140 e. The molecule has 1 fully saturated rings. The highest BCUT2D eigenvalue weighted by Gasteiger charge is 2.37. The minimum Gasteiger partial charge on any atom is -0.377 e. The van der Waals surface area contributed by atoms with Crippen LogP contribution in [-0.4, -0.2) is 42.9 Å². The number of nitrogens with zero attached hydrogens (tertiary/aromatic N) is 1. The Labute approximate surface area is 73.7 Å². The molecule has 0 aromatic carbocycles. The van der Waals surface area contributed by atoms with Crippen LogP contribution in [-0.2, 0) is 4.74 Å². The lowest BCUT2D eigenvalue weighted by atomic mass is 10.1. The molecule has 0 spiro atoms. The zero-order valence-corrected chi connectivity index (χ0v) is 8.30. The normalized spacial score (nSPS) is 32.8. The number of hydrogen-bond donors (Lipinski definition) is 0. The first-order valence-corrected chi connectivity index (χ1v) is 4.37. The van der Waals surface area contributed by atoms with Crippen molar-refractivity contribution in [2.45, 2.75) is 38.6 Å². The van der Waals surface area contributed by atoms with Gasteiger partial charge in [0.15, 0.2) is 0 Å². The largest absolute Gasteiger partial charge is 0.377 e. The van der Waals surface area contributed by atoms with Crippen LogP contribution in [0.25, 0.3) is 0 Å². The van der Waals surface area contributed by atoms with Gasteiger partial charge < -0.3 is 4.74 Å². The van der Waals surface area contributed by atoms with Crippen molar-refractivity contribution in [2.24, 2.45) is 0 Å². The van der Waals surface area contributed by atoms with E-state index >= 15 is 0 Å². The highest BCUT2D eigenvalue weighted by atomic mass is 19.1. The fourth-order valence-electron chi connectivity index (χ4n) is 1.50. The summed E-state index contributed by atoms with van der Waals surface area (Å²) in [5.74, 6) is 0. The standard InChI is InChI=1S/C9H18FNO/c1-9(2,3)11-5-7(10)8(6-11)12-4/h7-8H,5-6H2,1-4H3. The van der Waals surface area contributed by atoms with Gasteiger partial charge in [0, 0.05) is 25.7 Å². The minimum atomic E-state index is -0.825. The Kier molecular flexibility index (Phi) is 2.74. The van der Waals surface area contributed by atoms with Gasteiger partial charge in [-0.2, -0.15) is 0 Å². The average Bonchev–Trinajstić information content (AvgIpc) is 2.29. The van der Waals surface area contributed by atoms with Gasteiger partial charge in [0.05, 0.1) is 0 Å². The molecule has 0 aromatic rings. The Morgan fingerprint density at radius 2 is 1.92 bits per heavy atom. The second-order valence-corrected chi connectivity index (χ2v) is 4.37. The number of hydrogen-bond acceptors (Lipinski definition) is 2. The summed E-state index contributed by atoms with van der Waals surface area (Å²) in [6, 6.07) is 0. The van der Waals surface area contributed by atoms with Gasteiger partial charge in [-0.15, -0.1) is 0 Å². The number of likely N-dealkylation sites (tertiary alicyclic amines) is 1. The van der Waals surface area contributed by atoms with Gasteiger partial charge in [-0.25, -0.2) is 4.39 Å². The molecule has 0 bridgehead atoms. The van der Waals surface area contributed by atoms with Crippen molar-refractivity contribution in [3.63, 3.8) is 0 Å². The van der Waals surface area contributed by atoms with Crippen molar-refractivity contribution in [2.75, 3.05) is 20.2 Å². The van der Waals surface area contributed by atoms with E-state index in [0.717, 1.165) is 0 Å². The molecular formula is C9H18FNO. The number of rotatable bonds is 1. The SMILES string of the molecule is COC1CN(C(C)(C)C)CC1F. The predicted octanol–water partition coefficient (Wildman–Crippen LogP) is 1.45. The number of methoxy groups -OCH3 is 1. The Morgan fingerprint density at radius 3 is 2.17 bits per heavy atom. The van der Waals surface area contributed by atoms with Crippen molar-refractivity contribution < 1.29 is 9.13 Å². The van der Waals surface area contributed by atoms with E-state index < -0.39 is 6.17 Å². The summed E-state index contributed by atoms with van der Waals surface area (Å²) >= 11 is 0. The molecule has 72 valence electrons. The van der Waals surface area contributed by atoms with Crippen LogP contribution in [0, 0.1) is 0 Å². The van der Waals surface area contributed by atoms with Gasteiger partial charge in [0.25, 0.3) is 0 Å². The molecule has 3 heteroatoms. The highest BCUT2D eigenvalue weighted by Crippen LogP contribution is 2.23. The van der Waals surface area contributed by atoms with Crippen molar-refractivity contribution in [3.8, 4) is 0 Å². The molecule has 0 aliphatic carbocycles. The maximum Gasteiger partial charge on any atom is 0.140 e. The van der Waals surface area contributed by atoms with Gasteiger partial charge in [-0.1, -0.05) is 0 Å². The molecule has 1 aliphatic rings. The van der Waals surface area contributed by atoms with Crippen LogP contribution in [0.15, 0.2) is 0 Å². The lowest BCUT2D eigenvalue weighted by molar-refractivity contribution is 0.0585. The third-order valence-electron chi connectivity index (χ3n) is 2.45. The molecule has 1 heterocycles. The van der Waals surface area contributed by atoms with Crippen LogP contribution in [0.2, 0.25) is 0 Å². The van der Waals surface area contributed by atoms with E-state index in [1.165, 1.54) is 0 Å². The minimum absolute atomic E-state index is 0.0532. The Hall–Kier alpha value is -0.150. The quantitative estimate of drug-likeness (QED) is 0.598. The van der Waals surface area contributed by atoms with Crippen LogP contribution < -0.4 is 0 Å². The summed E-state index contributed by atoms with van der Waals surface area (Å²) in [6.07, 6.45) is -1.06. The summed E-state index contributed by atoms with van der Waals surface area (Å²) in [4.78, 5) is 2.12. The summed E-state index contributed by atoms with van der Waals surface area (Å²) in [7, 11) is 1.57. The first-order chi connectivity index (χ1) is 5.45. The second-order valence-electron chi connectivity index (χ2n) is 4.37. The van der Waals surface area contributed by atoms with Crippen LogP contribution in [0.5, 0.6) is 0 Å². The molecule has 0 N–H and O–H groups in total. The van der Waals surface area contributed by atoms with Gasteiger partial charge in [0.1, 0.15) is 12.3 Å². The van der Waals surface area contributed by atoms with Crippen molar-refractivity contribution in [3.05, 3.63) is 0 Å². The van der Waals surface area contributed by atoms with E-state index in [2.05, 4.69) is 25.7 Å². The van der Waals surface area contributed by atoms with Gasteiger partial charge in [0.2, 0.25) is 0 Å². The average molecular weight is 175 g/mol. The summed E-state index contributed by atoms with van der Waals surface area (Å²) in [5.41, 5.74) is 0.0532. The van der Waals surface area contributed by atoms with E-state index in [0.29, 0.717) is 13.1 Å². The topological polar surface area (TPSA) is 12.5 Å². The van der Waals surface area contributed by atoms with E-state index in [-0.39, 0.29) is 11.6 Å². The fraction of sp³-hybridized carbons (Fsp3) is 1.00. The van der Waals surface area contributed by atoms with Crippen LogP contribution in [0.1, 0.15) is 20.8 Å². The van der Waals surface area contributed by atoms with E-state index in [1.807, 2.05) is 0 Å². The highest BCUT2D eigenvalue weighted by molar-refractivity contribution is 4.90. The van der Waals surface area contributed by atoms with Crippen LogP contribution in [0.4, 0.5) is 4.39 Å². The summed E-state index contributed by atoms with van der Waals surface area (Å²) < 4.78 is 18.2. The van der Waals surface area contributed by atoms with E-state index in [4.69, 9.17) is 4.74 Å². The Bertz CT molecular complexity index is 155. The molecule has 2 unspecified atom stereocenters. The molecular weight excluding hydrogens is 157 g/mol. The number of alkyl halides is 1. The molecule has 0 aromatic heterocycles. The zero-order chi connectivity index (χ0) is 9.35. The Morgan fingerprint density at radius 1 is 1.33 bits per heavy atom. The number of ether oxygens (including phenoxy) is 1. The van der Waals surface area contributed by atoms with Crippen molar-refractivity contribution in [1.29, 1.82) is 0 Å². The summed E-state index contributed by atoms with van der Waals surface area (Å²) in [6.45, 7) is 7.50. The molecule has 0 radical (unpaired) electrons. The van der Waals surface area contributed by atoms with E-state index in [1.54, 1.807) is 7.11 Å². The second kappa shape index (κ2) is 3.30. The molecule has 1 rings (SSSR count). The van der Waals surface area contributed by atoms with Crippen LogP contribution >= 0.6 is 0 Å². The molecule has 0 saturated carbocycles. The first kappa shape index (κ1) is 9.93. The molecule has 1 saturated heterocycles. The zero-order valence-electron chi connectivity index (χ0n) is 8.30. The molecule has 2 nitrogen and oxygen atoms in total. The number of halogens is 1. The Balaban J connectivity index is 2.54. The maximum atomic E-state index is 13.2. The van der Waals surface area contributed by atoms with Gasteiger partial charge >= 0.3 is 0 Å². The van der Waals surface area contributed by atoms with E-state index in [9.17, 15) is 4.39 Å². The monoisotopic (exact) mass is 175 g/mol. The van der Waals surface area contributed by atoms with Crippen LogP contribution in [0.3, 0.4) is 0 Å². The first-order valence-electron chi connectivity index (χ1n) is 4.37. The van der Waals surface area contributed by atoms with Gasteiger partial charge in [-0.3, -0.25) is 4.90 Å². The third kappa shape index (κ3) is 1.96. The van der Waals surface area contributed by atoms with Crippen molar-refractivity contribution in [1.82, 2.24) is 4.90 Å². The molecule has 0 amide bonds. The van der Waals surface area contributed by atoms with Crippen molar-refractivity contribution >= 4 is 0 Å². The predicted molar refractivity (Wildman–Crippen MR) is 47.0 cm³/mol. The van der Waals surface area contributed by atoms with Gasteiger partial charge in [-0.05, 0) is 20.8 Å². The molecule has 2 atom stereocenters. The fourth-order valence-corrected chi connectivity index (χ4v) is 1.50. The maximum absolute atomic E-state index is 13.2. The lowest BCUT2D eigenvalue weighted by Gasteiger charge is -2.31. The summed E-state index contributed by atoms with van der Waals surface area (Å²) in [5, 5.41) is 0. The lowest BCUT2D eigenvalue weighted by Crippen LogP contribution is -2.40. The molecule has 12 heavy (non-hydrogen) atoms. The third-order valence-corrected chi connectivity index (χ3v) is 2.45. The molecule has 1 aliphatic heterocycles.